The molecule has 1 unspecified atom stereocenters. The van der Waals surface area contributed by atoms with Gasteiger partial charge in [-0.1, -0.05) is 37.6 Å². The maximum atomic E-state index is 5.89. The second-order valence-electron chi connectivity index (χ2n) is 3.74. The van der Waals surface area contributed by atoms with Crippen LogP contribution in [0.1, 0.15) is 31.9 Å². The van der Waals surface area contributed by atoms with E-state index in [1.54, 1.807) is 0 Å². The van der Waals surface area contributed by atoms with Gasteiger partial charge in [0.05, 0.1) is 0 Å². The Morgan fingerprint density at radius 1 is 1.25 bits per heavy atom. The highest BCUT2D eigenvalue weighted by Gasteiger charge is 2.09. The fraction of sp³-hybridized carbons (Fsp3) is 0.538. The van der Waals surface area contributed by atoms with Crippen LogP contribution in [-0.2, 0) is 0 Å². The minimum atomic E-state index is 0.443. The fourth-order valence-electron chi connectivity index (χ4n) is 1.56. The molecule has 0 heterocycles. The molecular weight excluding hydrogens is 238 g/mol. The molecule has 0 fully saturated rings. The molecule has 1 nitrogen and oxygen atoms in total. The van der Waals surface area contributed by atoms with Crippen molar-refractivity contribution in [1.29, 1.82) is 0 Å². The molecule has 0 aliphatic heterocycles. The molecule has 0 aromatic heterocycles. The van der Waals surface area contributed by atoms with E-state index in [-0.39, 0.29) is 0 Å². The van der Waals surface area contributed by atoms with E-state index in [9.17, 15) is 0 Å². The topological polar surface area (TPSA) is 12.0 Å². The molecule has 0 amide bonds. The van der Waals surface area contributed by atoms with Gasteiger partial charge in [-0.15, -0.1) is 0 Å². The maximum absolute atomic E-state index is 5.89. The molecule has 0 saturated carbocycles. The summed E-state index contributed by atoms with van der Waals surface area (Å²) in [6, 6.07) is 8.60. The molecule has 0 spiro atoms. The standard InChI is InChI=1S/C13H20ClNS/c1-3-9-16-10-13(15-4-2)11-5-7-12(14)8-6-11/h5-8,13,15H,3-4,9-10H2,1-2H3. The summed E-state index contributed by atoms with van der Waals surface area (Å²) in [6.07, 6.45) is 1.24. The van der Waals surface area contributed by atoms with Gasteiger partial charge in [0.1, 0.15) is 0 Å². The van der Waals surface area contributed by atoms with Gasteiger partial charge in [-0.05, 0) is 36.4 Å². The minimum absolute atomic E-state index is 0.443. The third-order valence-corrected chi connectivity index (χ3v) is 3.87. The van der Waals surface area contributed by atoms with Crippen LogP contribution in [0.15, 0.2) is 24.3 Å². The second kappa shape index (κ2) is 7.99. The maximum Gasteiger partial charge on any atom is 0.0411 e. The van der Waals surface area contributed by atoms with E-state index in [4.69, 9.17) is 11.6 Å². The van der Waals surface area contributed by atoms with Gasteiger partial charge >= 0.3 is 0 Å². The van der Waals surface area contributed by atoms with Crippen molar-refractivity contribution in [2.24, 2.45) is 0 Å². The quantitative estimate of drug-likeness (QED) is 0.737. The summed E-state index contributed by atoms with van der Waals surface area (Å²) in [7, 11) is 0. The largest absolute Gasteiger partial charge is 0.310 e. The van der Waals surface area contributed by atoms with Crippen LogP contribution in [0.4, 0.5) is 0 Å². The number of thioether (sulfide) groups is 1. The monoisotopic (exact) mass is 257 g/mol. The van der Waals surface area contributed by atoms with Crippen molar-refractivity contribution in [2.75, 3.05) is 18.1 Å². The Hall–Kier alpha value is -0.180. The number of benzene rings is 1. The number of nitrogens with one attached hydrogen (secondary N) is 1. The summed E-state index contributed by atoms with van der Waals surface area (Å²) in [5.41, 5.74) is 1.33. The zero-order valence-corrected chi connectivity index (χ0v) is 11.6. The van der Waals surface area contributed by atoms with Gasteiger partial charge in [0.25, 0.3) is 0 Å². The highest BCUT2D eigenvalue weighted by molar-refractivity contribution is 7.99. The minimum Gasteiger partial charge on any atom is -0.310 e. The van der Waals surface area contributed by atoms with E-state index < -0.39 is 0 Å². The van der Waals surface area contributed by atoms with Gasteiger partial charge in [0, 0.05) is 16.8 Å². The van der Waals surface area contributed by atoms with Crippen molar-refractivity contribution in [3.05, 3.63) is 34.9 Å². The van der Waals surface area contributed by atoms with Gasteiger partial charge in [0.15, 0.2) is 0 Å². The summed E-state index contributed by atoms with van der Waals surface area (Å²) in [5.74, 6) is 2.36. The van der Waals surface area contributed by atoms with Crippen LogP contribution in [0.5, 0.6) is 0 Å². The Kier molecular flexibility index (Phi) is 6.93. The van der Waals surface area contributed by atoms with Crippen molar-refractivity contribution in [3.63, 3.8) is 0 Å². The Bertz CT molecular complexity index is 286. The first kappa shape index (κ1) is 13.9. The normalized spacial score (nSPS) is 12.7. The first-order valence-corrected chi connectivity index (χ1v) is 7.37. The van der Waals surface area contributed by atoms with Crippen LogP contribution in [0, 0.1) is 0 Å². The molecule has 1 rings (SSSR count). The molecule has 1 N–H and O–H groups in total. The van der Waals surface area contributed by atoms with Crippen LogP contribution >= 0.6 is 23.4 Å². The molecule has 90 valence electrons. The zero-order chi connectivity index (χ0) is 11.8. The molecule has 1 aromatic rings. The van der Waals surface area contributed by atoms with Crippen LogP contribution in [0.2, 0.25) is 5.02 Å². The van der Waals surface area contributed by atoms with Gasteiger partial charge < -0.3 is 5.32 Å². The average molecular weight is 258 g/mol. The van der Waals surface area contributed by atoms with Gasteiger partial charge in [-0.25, -0.2) is 0 Å². The van der Waals surface area contributed by atoms with E-state index in [2.05, 4.69) is 31.3 Å². The average Bonchev–Trinajstić information content (AvgIpc) is 2.29. The summed E-state index contributed by atoms with van der Waals surface area (Å²) in [4.78, 5) is 0. The lowest BCUT2D eigenvalue weighted by Crippen LogP contribution is -2.23. The van der Waals surface area contributed by atoms with Crippen molar-refractivity contribution in [3.8, 4) is 0 Å². The van der Waals surface area contributed by atoms with E-state index >= 15 is 0 Å². The predicted octanol–water partition coefficient (Wildman–Crippen LogP) is 4.13. The molecule has 3 heteroatoms. The lowest BCUT2D eigenvalue weighted by atomic mass is 10.1. The van der Waals surface area contributed by atoms with E-state index in [1.165, 1.54) is 17.7 Å². The highest BCUT2D eigenvalue weighted by atomic mass is 35.5. The Morgan fingerprint density at radius 2 is 1.94 bits per heavy atom. The van der Waals surface area contributed by atoms with Crippen molar-refractivity contribution in [2.45, 2.75) is 26.3 Å². The van der Waals surface area contributed by atoms with E-state index in [0.717, 1.165) is 17.3 Å². The highest BCUT2D eigenvalue weighted by Crippen LogP contribution is 2.20. The molecular formula is C13H20ClNS. The predicted molar refractivity (Wildman–Crippen MR) is 75.5 cm³/mol. The summed E-state index contributed by atoms with van der Waals surface area (Å²) in [5, 5.41) is 4.32. The Labute approximate surface area is 108 Å². The molecule has 16 heavy (non-hydrogen) atoms. The van der Waals surface area contributed by atoms with Crippen LogP contribution in [0.3, 0.4) is 0 Å². The SMILES string of the molecule is CCCSCC(NCC)c1ccc(Cl)cc1. The number of hydrogen-bond acceptors (Lipinski definition) is 2. The molecule has 1 atom stereocenters. The van der Waals surface area contributed by atoms with Crippen molar-refractivity contribution < 1.29 is 0 Å². The summed E-state index contributed by atoms with van der Waals surface area (Å²) >= 11 is 7.90. The summed E-state index contributed by atoms with van der Waals surface area (Å²) in [6.45, 7) is 5.37. The molecule has 0 bridgehead atoms. The number of halogens is 1. The molecule has 0 saturated heterocycles. The van der Waals surface area contributed by atoms with Gasteiger partial charge in [-0.2, -0.15) is 11.8 Å². The third kappa shape index (κ3) is 4.77. The molecule has 0 aliphatic rings. The number of rotatable bonds is 7. The van der Waals surface area contributed by atoms with E-state index in [1.807, 2.05) is 23.9 Å². The fourth-order valence-corrected chi connectivity index (χ4v) is 2.69. The van der Waals surface area contributed by atoms with Crippen LogP contribution in [0.25, 0.3) is 0 Å². The van der Waals surface area contributed by atoms with Gasteiger partial charge in [0.2, 0.25) is 0 Å². The Morgan fingerprint density at radius 3 is 2.50 bits per heavy atom. The first-order valence-electron chi connectivity index (χ1n) is 5.84. The van der Waals surface area contributed by atoms with Crippen LogP contribution < -0.4 is 5.32 Å². The lowest BCUT2D eigenvalue weighted by molar-refractivity contribution is 0.606. The van der Waals surface area contributed by atoms with Gasteiger partial charge in [-0.3, -0.25) is 0 Å². The first-order chi connectivity index (χ1) is 7.77. The molecule has 0 aliphatic carbocycles. The smallest absolute Gasteiger partial charge is 0.0411 e. The zero-order valence-electron chi connectivity index (χ0n) is 10.0. The molecule has 0 radical (unpaired) electrons. The van der Waals surface area contributed by atoms with Crippen molar-refractivity contribution in [1.82, 2.24) is 5.32 Å². The number of hydrogen-bond donors (Lipinski definition) is 1. The third-order valence-electron chi connectivity index (χ3n) is 2.36. The second-order valence-corrected chi connectivity index (χ2v) is 5.32. The van der Waals surface area contributed by atoms with Crippen molar-refractivity contribution >= 4 is 23.4 Å². The lowest BCUT2D eigenvalue weighted by Gasteiger charge is -2.18. The van der Waals surface area contributed by atoms with Crippen LogP contribution in [-0.4, -0.2) is 18.1 Å². The van der Waals surface area contributed by atoms with E-state index in [0.29, 0.717) is 6.04 Å². The molecule has 1 aromatic carbocycles. The summed E-state index contributed by atoms with van der Waals surface area (Å²) < 4.78 is 0. The Balaban J connectivity index is 2.57.